The maximum atomic E-state index is 6.05. The van der Waals surface area contributed by atoms with Crippen LogP contribution < -0.4 is 0 Å². The van der Waals surface area contributed by atoms with Crippen LogP contribution in [0.4, 0.5) is 0 Å². The molecule has 0 bridgehead atoms. The summed E-state index contributed by atoms with van der Waals surface area (Å²) in [5, 5.41) is 0.811. The molecule has 0 N–H and O–H groups in total. The second-order valence-electron chi connectivity index (χ2n) is 3.04. The molecule has 0 saturated heterocycles. The van der Waals surface area contributed by atoms with E-state index in [-0.39, 0.29) is 5.38 Å². The first-order chi connectivity index (χ1) is 5.63. The average Bonchev–Trinajstić information content (AvgIpc) is 2.30. The molecule has 3 atom stereocenters. The highest BCUT2D eigenvalue weighted by Gasteiger charge is 2.26. The second-order valence-corrected chi connectivity index (χ2v) is 5.75. The van der Waals surface area contributed by atoms with Crippen LogP contribution in [0.5, 0.6) is 0 Å². The van der Waals surface area contributed by atoms with Crippen LogP contribution in [0.15, 0.2) is 4.99 Å². The summed E-state index contributed by atoms with van der Waals surface area (Å²) in [6.45, 7) is 4.29. The largest absolute Gasteiger partial charge is 0.267 e. The van der Waals surface area contributed by atoms with Crippen molar-refractivity contribution in [3.05, 3.63) is 0 Å². The molecule has 0 saturated carbocycles. The Hall–Kier alpha value is 0.660. The van der Waals surface area contributed by atoms with Gasteiger partial charge in [0.25, 0.3) is 0 Å². The van der Waals surface area contributed by atoms with Crippen molar-refractivity contribution in [2.45, 2.75) is 43.4 Å². The molecule has 4 heteroatoms. The van der Waals surface area contributed by atoms with Gasteiger partial charge in [-0.1, -0.05) is 25.6 Å². The van der Waals surface area contributed by atoms with Crippen LogP contribution in [-0.2, 0) is 0 Å². The number of aliphatic imine (C=N–C) groups is 1. The molecule has 12 heavy (non-hydrogen) atoms. The fourth-order valence-corrected chi connectivity index (χ4v) is 2.88. The summed E-state index contributed by atoms with van der Waals surface area (Å²) in [4.78, 5) is 4.42. The lowest BCUT2D eigenvalue weighted by molar-refractivity contribution is 0.588. The summed E-state index contributed by atoms with van der Waals surface area (Å²) in [7, 11) is 0. The van der Waals surface area contributed by atoms with Gasteiger partial charge in [-0.2, -0.15) is 0 Å². The van der Waals surface area contributed by atoms with Gasteiger partial charge in [-0.15, -0.1) is 24.2 Å². The predicted molar refractivity (Wildman–Crippen MR) is 61.8 cm³/mol. The number of thiol groups is 1. The quantitative estimate of drug-likeness (QED) is 0.573. The lowest BCUT2D eigenvalue weighted by Gasteiger charge is -2.14. The van der Waals surface area contributed by atoms with Crippen molar-refractivity contribution in [3.63, 3.8) is 0 Å². The van der Waals surface area contributed by atoms with Crippen LogP contribution in [-0.4, -0.2) is 21.0 Å². The van der Waals surface area contributed by atoms with Crippen LogP contribution in [0, 0.1) is 0 Å². The Labute approximate surface area is 88.8 Å². The summed E-state index contributed by atoms with van der Waals surface area (Å²) in [5.41, 5.74) is 0. The molecule has 0 aromatic heterocycles. The summed E-state index contributed by atoms with van der Waals surface area (Å²) in [5.74, 6) is 0. The average molecular weight is 224 g/mol. The zero-order valence-corrected chi connectivity index (χ0v) is 9.79. The van der Waals surface area contributed by atoms with Crippen LogP contribution in [0.25, 0.3) is 0 Å². The molecule has 1 nitrogen and oxygen atoms in total. The maximum Gasteiger partial charge on any atom is 0.122 e. The van der Waals surface area contributed by atoms with Gasteiger partial charge in [-0.05, 0) is 12.8 Å². The Kier molecular flexibility index (Phi) is 4.27. The molecule has 0 aliphatic carbocycles. The van der Waals surface area contributed by atoms with E-state index in [1.54, 1.807) is 11.8 Å². The van der Waals surface area contributed by atoms with E-state index in [0.717, 1.165) is 17.2 Å². The fourth-order valence-electron chi connectivity index (χ4n) is 1.20. The van der Waals surface area contributed by atoms with Crippen LogP contribution >= 0.6 is 36.0 Å². The molecule has 0 radical (unpaired) electrons. The van der Waals surface area contributed by atoms with E-state index in [0.29, 0.717) is 11.3 Å². The van der Waals surface area contributed by atoms with E-state index >= 15 is 0 Å². The molecule has 1 heterocycles. The normalized spacial score (nSPS) is 31.8. The van der Waals surface area contributed by atoms with E-state index in [1.165, 1.54) is 0 Å². The summed E-state index contributed by atoms with van der Waals surface area (Å²) < 4.78 is 0.910. The first-order valence-electron chi connectivity index (χ1n) is 4.21. The Balaban J connectivity index is 2.42. The van der Waals surface area contributed by atoms with Crippen LogP contribution in [0.3, 0.4) is 0 Å². The van der Waals surface area contributed by atoms with Gasteiger partial charge in [0.2, 0.25) is 0 Å². The van der Waals surface area contributed by atoms with Gasteiger partial charge >= 0.3 is 0 Å². The lowest BCUT2D eigenvalue weighted by atomic mass is 10.1. The molecule has 3 unspecified atom stereocenters. The minimum absolute atomic E-state index is 0.265. The molecule has 0 spiro atoms. The van der Waals surface area contributed by atoms with E-state index in [4.69, 9.17) is 11.6 Å². The van der Waals surface area contributed by atoms with Crippen molar-refractivity contribution in [2.75, 3.05) is 0 Å². The van der Waals surface area contributed by atoms with E-state index in [2.05, 4.69) is 31.5 Å². The highest BCUT2D eigenvalue weighted by molar-refractivity contribution is 8.32. The van der Waals surface area contributed by atoms with E-state index < -0.39 is 0 Å². The molecular formula is C8H14ClNS2. The van der Waals surface area contributed by atoms with Gasteiger partial charge in [-0.25, -0.2) is 0 Å². The molecule has 0 aromatic rings. The fraction of sp³-hybridized carbons (Fsp3) is 0.875. The van der Waals surface area contributed by atoms with Crippen molar-refractivity contribution in [1.29, 1.82) is 0 Å². The molecule has 1 aliphatic rings. The standard InChI is InChI=1S/C8H14ClNS2/c1-3-6(9)4-7-5(2)12-8(11)10-7/h5-7H,3-4H2,1-2H3,(H,10,11). The lowest BCUT2D eigenvalue weighted by Crippen LogP contribution is -2.18. The van der Waals surface area contributed by atoms with Crippen molar-refractivity contribution < 1.29 is 0 Å². The summed E-state index contributed by atoms with van der Waals surface area (Å²) >= 11 is 12.0. The number of nitrogens with zero attached hydrogens (tertiary/aromatic N) is 1. The molecule has 1 rings (SSSR count). The zero-order valence-electron chi connectivity index (χ0n) is 7.33. The third-order valence-electron chi connectivity index (χ3n) is 2.05. The second kappa shape index (κ2) is 4.77. The molecule has 0 amide bonds. The molecular weight excluding hydrogens is 210 g/mol. The number of halogens is 1. The zero-order chi connectivity index (χ0) is 9.14. The number of rotatable bonds is 3. The van der Waals surface area contributed by atoms with Gasteiger partial charge in [-0.3, -0.25) is 4.99 Å². The van der Waals surface area contributed by atoms with Crippen molar-refractivity contribution in [3.8, 4) is 0 Å². The maximum absolute atomic E-state index is 6.05. The molecule has 0 fully saturated rings. The van der Waals surface area contributed by atoms with Gasteiger partial charge in [0.1, 0.15) is 4.38 Å². The number of hydrogen-bond acceptors (Lipinski definition) is 2. The van der Waals surface area contributed by atoms with Crippen LogP contribution in [0.1, 0.15) is 26.7 Å². The number of thioether (sulfide) groups is 1. The Bertz CT molecular complexity index is 184. The third-order valence-corrected chi connectivity index (χ3v) is 3.97. The van der Waals surface area contributed by atoms with Crippen LogP contribution in [0.2, 0.25) is 0 Å². The van der Waals surface area contributed by atoms with Crippen molar-refractivity contribution in [2.24, 2.45) is 4.99 Å². The first kappa shape index (κ1) is 10.7. The smallest absolute Gasteiger partial charge is 0.122 e. The van der Waals surface area contributed by atoms with Crippen molar-refractivity contribution >= 4 is 40.4 Å². The SMILES string of the molecule is CCC(Cl)CC1N=C(S)SC1C. The molecule has 1 aliphatic heterocycles. The van der Waals surface area contributed by atoms with Gasteiger partial charge < -0.3 is 0 Å². The first-order valence-corrected chi connectivity index (χ1v) is 5.97. The molecule has 70 valence electrons. The highest BCUT2D eigenvalue weighted by Crippen LogP contribution is 2.31. The Morgan fingerprint density at radius 2 is 2.42 bits per heavy atom. The topological polar surface area (TPSA) is 12.4 Å². The Morgan fingerprint density at radius 1 is 1.75 bits per heavy atom. The van der Waals surface area contributed by atoms with Crippen molar-refractivity contribution in [1.82, 2.24) is 0 Å². The Morgan fingerprint density at radius 3 is 2.83 bits per heavy atom. The highest BCUT2D eigenvalue weighted by atomic mass is 35.5. The van der Waals surface area contributed by atoms with Gasteiger partial charge in [0, 0.05) is 10.6 Å². The number of alkyl halides is 1. The monoisotopic (exact) mass is 223 g/mol. The summed E-state index contributed by atoms with van der Waals surface area (Å²) in [6, 6.07) is 0.380. The molecule has 0 aromatic carbocycles. The summed E-state index contributed by atoms with van der Waals surface area (Å²) in [6.07, 6.45) is 2.00. The van der Waals surface area contributed by atoms with Gasteiger partial charge in [0.05, 0.1) is 6.04 Å². The van der Waals surface area contributed by atoms with E-state index in [1.807, 2.05) is 0 Å². The van der Waals surface area contributed by atoms with Gasteiger partial charge in [0.15, 0.2) is 0 Å². The predicted octanol–water partition coefficient (Wildman–Crippen LogP) is 3.18. The van der Waals surface area contributed by atoms with E-state index in [9.17, 15) is 0 Å². The number of hydrogen-bond donors (Lipinski definition) is 1. The minimum Gasteiger partial charge on any atom is -0.267 e. The minimum atomic E-state index is 0.265. The third kappa shape index (κ3) is 2.86.